The number of hydrogen-bond acceptors (Lipinski definition) is 7. The van der Waals surface area contributed by atoms with Gasteiger partial charge < -0.3 is 24.5 Å². The topological polar surface area (TPSA) is 90.4 Å². The fourth-order valence-electron chi connectivity index (χ4n) is 6.71. The van der Waals surface area contributed by atoms with E-state index < -0.39 is 22.6 Å². The van der Waals surface area contributed by atoms with Crippen molar-refractivity contribution in [2.75, 3.05) is 49.2 Å². The SMILES string of the molecule is CCN(CC)c1ccc(N2CC=C[C@]34S[C@H]5/C=C\CCCCOC(=O)[C@H]5[C@H]3C(=O)N(CCCCO)C4C2=O)cc1. The molecule has 4 aliphatic heterocycles. The molecule has 0 saturated carbocycles. The summed E-state index contributed by atoms with van der Waals surface area (Å²) in [4.78, 5) is 47.8. The second-order valence-corrected chi connectivity index (χ2v) is 12.4. The van der Waals surface area contributed by atoms with Crippen LogP contribution in [0, 0.1) is 11.8 Å². The summed E-state index contributed by atoms with van der Waals surface area (Å²) in [5, 5.41) is 9.18. The van der Waals surface area contributed by atoms with E-state index in [2.05, 4.69) is 30.9 Å². The highest BCUT2D eigenvalue weighted by Gasteiger charge is 2.70. The maximum Gasteiger partial charge on any atom is 0.311 e. The van der Waals surface area contributed by atoms with E-state index in [0.29, 0.717) is 32.5 Å². The lowest BCUT2D eigenvalue weighted by atomic mass is 9.78. The Balaban J connectivity index is 1.53. The maximum atomic E-state index is 14.5. The lowest BCUT2D eigenvalue weighted by Gasteiger charge is -2.35. The molecular weight excluding hydrogens is 526 g/mol. The normalized spacial score (nSPS) is 30.8. The number of cyclic esters (lactones) is 1. The van der Waals surface area contributed by atoms with Crippen molar-refractivity contribution in [1.82, 2.24) is 4.90 Å². The third-order valence-corrected chi connectivity index (χ3v) is 10.4. The quantitative estimate of drug-likeness (QED) is 0.290. The zero-order chi connectivity index (χ0) is 28.3. The molecule has 1 N–H and O–H groups in total. The van der Waals surface area contributed by atoms with E-state index in [9.17, 15) is 19.5 Å². The Labute approximate surface area is 241 Å². The summed E-state index contributed by atoms with van der Waals surface area (Å²) in [6, 6.07) is 7.30. The number of esters is 1. The number of hydrogen-bond donors (Lipinski definition) is 1. The number of carbonyl (C=O) groups excluding carboxylic acids is 3. The molecule has 0 aliphatic carbocycles. The molecule has 2 saturated heterocycles. The molecule has 1 aromatic rings. The highest BCUT2D eigenvalue weighted by Crippen LogP contribution is 2.60. The van der Waals surface area contributed by atoms with Crippen LogP contribution in [-0.2, 0) is 19.1 Å². The summed E-state index contributed by atoms with van der Waals surface area (Å²) in [7, 11) is 0. The number of amides is 2. The van der Waals surface area contributed by atoms with Gasteiger partial charge in [0.15, 0.2) is 0 Å². The largest absolute Gasteiger partial charge is 0.465 e. The van der Waals surface area contributed by atoms with E-state index in [1.807, 2.05) is 36.4 Å². The van der Waals surface area contributed by atoms with E-state index in [1.54, 1.807) is 21.6 Å². The maximum absolute atomic E-state index is 14.5. The zero-order valence-electron chi connectivity index (χ0n) is 23.5. The zero-order valence-corrected chi connectivity index (χ0v) is 24.4. The number of allylic oxidation sites excluding steroid dienone is 1. The minimum atomic E-state index is -0.865. The monoisotopic (exact) mass is 567 g/mol. The van der Waals surface area contributed by atoms with Crippen LogP contribution < -0.4 is 9.80 Å². The minimum Gasteiger partial charge on any atom is -0.465 e. The van der Waals surface area contributed by atoms with E-state index in [-0.39, 0.29) is 29.6 Å². The number of aliphatic hydroxyl groups is 1. The number of thioether (sulfide) groups is 1. The molecule has 2 amide bonds. The molecule has 1 spiro atoms. The van der Waals surface area contributed by atoms with Crippen molar-refractivity contribution in [3.05, 3.63) is 48.6 Å². The van der Waals surface area contributed by atoms with Gasteiger partial charge in [0.2, 0.25) is 5.91 Å². The number of ether oxygens (including phenoxy) is 1. The van der Waals surface area contributed by atoms with E-state index in [0.717, 1.165) is 43.7 Å². The van der Waals surface area contributed by atoms with Gasteiger partial charge in [0.05, 0.1) is 23.2 Å². The average molecular weight is 568 g/mol. The smallest absolute Gasteiger partial charge is 0.311 e. The van der Waals surface area contributed by atoms with Crippen molar-refractivity contribution < 1.29 is 24.2 Å². The highest BCUT2D eigenvalue weighted by atomic mass is 32.2. The van der Waals surface area contributed by atoms with Gasteiger partial charge in [0.1, 0.15) is 6.04 Å². The number of rotatable bonds is 8. The highest BCUT2D eigenvalue weighted by molar-refractivity contribution is 8.02. The molecule has 1 aromatic carbocycles. The Morgan fingerprint density at radius 2 is 1.82 bits per heavy atom. The predicted octanol–water partition coefficient (Wildman–Crippen LogP) is 3.79. The first-order valence-electron chi connectivity index (χ1n) is 14.7. The molecule has 5 rings (SSSR count). The number of unbranched alkanes of at least 4 members (excludes halogenated alkanes) is 1. The predicted molar refractivity (Wildman–Crippen MR) is 158 cm³/mol. The van der Waals surface area contributed by atoms with Gasteiger partial charge in [-0.15, -0.1) is 11.8 Å². The van der Waals surface area contributed by atoms with Gasteiger partial charge >= 0.3 is 5.97 Å². The molecule has 4 heterocycles. The Bertz CT molecular complexity index is 1150. The molecule has 40 heavy (non-hydrogen) atoms. The van der Waals surface area contributed by atoms with Crippen LogP contribution in [0.1, 0.15) is 46.0 Å². The van der Waals surface area contributed by atoms with Crippen molar-refractivity contribution in [3.63, 3.8) is 0 Å². The first-order chi connectivity index (χ1) is 19.5. The Hall–Kier alpha value is -2.78. The van der Waals surface area contributed by atoms with Crippen LogP contribution >= 0.6 is 11.8 Å². The Morgan fingerprint density at radius 1 is 1.05 bits per heavy atom. The summed E-state index contributed by atoms with van der Waals surface area (Å²) >= 11 is 1.57. The van der Waals surface area contributed by atoms with Crippen LogP contribution in [0.4, 0.5) is 11.4 Å². The number of carbonyl (C=O) groups is 3. The van der Waals surface area contributed by atoms with E-state index in [4.69, 9.17) is 4.74 Å². The van der Waals surface area contributed by atoms with E-state index in [1.165, 1.54) is 0 Å². The van der Waals surface area contributed by atoms with Crippen molar-refractivity contribution in [3.8, 4) is 0 Å². The first-order valence-corrected chi connectivity index (χ1v) is 15.6. The molecule has 0 radical (unpaired) electrons. The standard InChI is InChI=1S/C31H41N3O5S/c1-3-32(4-2)22-13-15-23(16-14-22)33-19-11-17-31-26(28(36)34(18-8-9-20-35)27(31)29(33)37)25-24(40-31)12-7-5-6-10-21-39-30(25)38/h7,11-17,24-27,35H,3-6,8-10,18-21H2,1-2H3/b12-7-/t24-,25+,26-,27?,31-/m0/s1. The second-order valence-electron chi connectivity index (χ2n) is 10.9. The van der Waals surface area contributed by atoms with Crippen molar-refractivity contribution in [2.24, 2.45) is 11.8 Å². The number of nitrogens with zero attached hydrogens (tertiary/aromatic N) is 3. The number of fused-ring (bicyclic) bond motifs is 2. The van der Waals surface area contributed by atoms with E-state index >= 15 is 0 Å². The van der Waals surface area contributed by atoms with Gasteiger partial charge in [0, 0.05) is 49.4 Å². The van der Waals surface area contributed by atoms with Crippen LogP contribution in [0.25, 0.3) is 0 Å². The van der Waals surface area contributed by atoms with Crippen LogP contribution in [0.5, 0.6) is 0 Å². The fraction of sp³-hybridized carbons (Fsp3) is 0.581. The van der Waals surface area contributed by atoms with Crippen molar-refractivity contribution >= 4 is 40.9 Å². The van der Waals surface area contributed by atoms with Gasteiger partial charge in [0.25, 0.3) is 5.91 Å². The van der Waals surface area contributed by atoms with Crippen molar-refractivity contribution in [2.45, 2.75) is 62.0 Å². The second kappa shape index (κ2) is 12.4. The molecule has 2 fully saturated rings. The molecular formula is C31H41N3O5S. The molecule has 216 valence electrons. The Morgan fingerprint density at radius 3 is 2.55 bits per heavy atom. The minimum absolute atomic E-state index is 0.0245. The third-order valence-electron chi connectivity index (χ3n) is 8.70. The molecule has 4 aliphatic rings. The summed E-state index contributed by atoms with van der Waals surface area (Å²) in [6.45, 7) is 7.16. The third kappa shape index (κ3) is 5.07. The molecule has 5 atom stereocenters. The van der Waals surface area contributed by atoms with Gasteiger partial charge in [-0.25, -0.2) is 0 Å². The Kier molecular flexibility index (Phi) is 8.90. The lowest BCUT2D eigenvalue weighted by molar-refractivity contribution is -0.153. The molecule has 0 aromatic heterocycles. The van der Waals surface area contributed by atoms with Gasteiger partial charge in [-0.3, -0.25) is 14.4 Å². The number of aliphatic hydroxyl groups excluding tert-OH is 1. The summed E-state index contributed by atoms with van der Waals surface area (Å²) in [6.07, 6.45) is 12.0. The number of likely N-dealkylation sites (tertiary alicyclic amines) is 1. The molecule has 8 nitrogen and oxygen atoms in total. The molecule has 9 heteroatoms. The average Bonchev–Trinajstić information content (AvgIpc) is 3.34. The number of benzene rings is 1. The number of anilines is 2. The van der Waals surface area contributed by atoms with Crippen molar-refractivity contribution in [1.29, 1.82) is 0 Å². The van der Waals surface area contributed by atoms with Gasteiger partial charge in [-0.2, -0.15) is 0 Å². The van der Waals surface area contributed by atoms with Crippen LogP contribution in [-0.4, -0.2) is 83.2 Å². The van der Waals surface area contributed by atoms with Gasteiger partial charge in [-0.1, -0.05) is 24.3 Å². The molecule has 0 bridgehead atoms. The fourth-order valence-corrected chi connectivity index (χ4v) is 8.72. The lowest BCUT2D eigenvalue weighted by Crippen LogP contribution is -2.53. The summed E-state index contributed by atoms with van der Waals surface area (Å²) in [5.41, 5.74) is 1.89. The van der Waals surface area contributed by atoms with Crippen LogP contribution in [0.15, 0.2) is 48.6 Å². The summed E-state index contributed by atoms with van der Waals surface area (Å²) < 4.78 is 4.82. The van der Waals surface area contributed by atoms with Crippen LogP contribution in [0.3, 0.4) is 0 Å². The first kappa shape index (κ1) is 28.7. The summed E-state index contributed by atoms with van der Waals surface area (Å²) in [5.74, 6) is -1.96. The van der Waals surface area contributed by atoms with Gasteiger partial charge in [-0.05, 0) is 70.2 Å². The van der Waals surface area contributed by atoms with Crippen LogP contribution in [0.2, 0.25) is 0 Å². The molecule has 1 unspecified atom stereocenters.